The molecule has 0 aliphatic heterocycles. The minimum absolute atomic E-state index is 0.0513. The number of aliphatic hydroxyl groups excluding tert-OH is 5. The first-order valence-electron chi connectivity index (χ1n) is 9.78. The van der Waals surface area contributed by atoms with Gasteiger partial charge < -0.3 is 35.6 Å². The van der Waals surface area contributed by atoms with Crippen LogP contribution in [0.2, 0.25) is 0 Å². The van der Waals surface area contributed by atoms with Crippen molar-refractivity contribution in [2.45, 2.75) is 95.0 Å². The molecule has 0 aromatic heterocycles. The Balaban J connectivity index is 2.74. The lowest BCUT2D eigenvalue weighted by molar-refractivity contribution is -0.124. The van der Waals surface area contributed by atoms with Gasteiger partial charge in [-0.1, -0.05) is 38.2 Å². The lowest BCUT2D eigenvalue weighted by Gasteiger charge is -2.33. The van der Waals surface area contributed by atoms with Crippen LogP contribution in [0.25, 0.3) is 0 Å². The summed E-state index contributed by atoms with van der Waals surface area (Å²) in [6, 6.07) is -0.541. The van der Waals surface area contributed by atoms with Crippen LogP contribution >= 0.6 is 12.2 Å². The minimum Gasteiger partial charge on any atom is -0.393 e. The first-order valence-corrected chi connectivity index (χ1v) is 10.2. The number of thiocarbonyl (C=S) groups is 1. The molecule has 8 heteroatoms. The number of aliphatic hydroxyl groups is 5. The van der Waals surface area contributed by atoms with E-state index in [1.165, 1.54) is 6.08 Å². The van der Waals surface area contributed by atoms with Gasteiger partial charge in [-0.15, -0.1) is 0 Å². The Labute approximate surface area is 167 Å². The van der Waals surface area contributed by atoms with Gasteiger partial charge in [0.15, 0.2) is 0 Å². The predicted molar refractivity (Wildman–Crippen MR) is 107 cm³/mol. The Morgan fingerprint density at radius 2 is 1.93 bits per heavy atom. The molecule has 0 aromatic carbocycles. The van der Waals surface area contributed by atoms with Crippen LogP contribution in [0.1, 0.15) is 52.4 Å². The third-order valence-electron chi connectivity index (χ3n) is 4.79. The second kappa shape index (κ2) is 12.8. The lowest BCUT2D eigenvalue weighted by Crippen LogP contribution is -2.50. The van der Waals surface area contributed by atoms with Crippen molar-refractivity contribution in [3.8, 4) is 0 Å². The number of ether oxygens (including phenoxy) is 1. The van der Waals surface area contributed by atoms with Crippen molar-refractivity contribution in [3.05, 3.63) is 12.2 Å². The first kappa shape index (κ1) is 24.4. The smallest absolute Gasteiger partial charge is 0.112 e. The Morgan fingerprint density at radius 1 is 1.22 bits per heavy atom. The maximum absolute atomic E-state index is 10.5. The third-order valence-corrected chi connectivity index (χ3v) is 5.12. The largest absolute Gasteiger partial charge is 0.393 e. The van der Waals surface area contributed by atoms with Crippen LogP contribution in [-0.4, -0.2) is 79.8 Å². The van der Waals surface area contributed by atoms with Gasteiger partial charge in [-0.25, -0.2) is 0 Å². The van der Waals surface area contributed by atoms with Crippen molar-refractivity contribution in [3.63, 3.8) is 0 Å². The molecule has 0 saturated heterocycles. The number of hydrogen-bond donors (Lipinski definition) is 6. The van der Waals surface area contributed by atoms with E-state index in [9.17, 15) is 25.5 Å². The summed E-state index contributed by atoms with van der Waals surface area (Å²) in [5.74, 6) is 0. The molecule has 0 heterocycles. The maximum atomic E-state index is 10.5. The van der Waals surface area contributed by atoms with Crippen molar-refractivity contribution >= 4 is 17.2 Å². The molecule has 6 N–H and O–H groups in total. The molecule has 0 saturated carbocycles. The van der Waals surface area contributed by atoms with E-state index in [4.69, 9.17) is 17.0 Å². The van der Waals surface area contributed by atoms with Crippen LogP contribution in [0, 0.1) is 0 Å². The standard InChI is InChI=1S/C19H35NO6S/c1-3-7-17(27)20-13(15(23)10-12(21)4-2)11-26-16-9-6-5-8-14(22)18(24)19(16)25/h5,8,12-16,18-19,21-25H,3-4,6-7,9-11H2,1-2H3,(H,20,27)/b8-5-. The third kappa shape index (κ3) is 8.51. The highest BCUT2D eigenvalue weighted by Crippen LogP contribution is 2.19. The molecular formula is C19H35NO6S. The van der Waals surface area contributed by atoms with Crippen LogP contribution < -0.4 is 5.32 Å². The summed E-state index contributed by atoms with van der Waals surface area (Å²) in [4.78, 5) is 0.604. The molecule has 0 aromatic rings. The van der Waals surface area contributed by atoms with E-state index in [-0.39, 0.29) is 13.0 Å². The van der Waals surface area contributed by atoms with E-state index >= 15 is 0 Å². The Bertz CT molecular complexity index is 463. The highest BCUT2D eigenvalue weighted by Gasteiger charge is 2.33. The van der Waals surface area contributed by atoms with Gasteiger partial charge in [-0.05, 0) is 32.1 Å². The van der Waals surface area contributed by atoms with Crippen molar-refractivity contribution in [2.24, 2.45) is 0 Å². The molecule has 1 rings (SSSR count). The van der Waals surface area contributed by atoms with E-state index in [2.05, 4.69) is 5.32 Å². The Hall–Kier alpha value is -0.610. The fourth-order valence-electron chi connectivity index (χ4n) is 2.98. The van der Waals surface area contributed by atoms with Crippen LogP contribution in [-0.2, 0) is 4.74 Å². The van der Waals surface area contributed by atoms with E-state index in [0.29, 0.717) is 30.7 Å². The average molecular weight is 406 g/mol. The first-order chi connectivity index (χ1) is 12.8. The van der Waals surface area contributed by atoms with Crippen LogP contribution in [0.3, 0.4) is 0 Å². The molecule has 0 amide bonds. The lowest BCUT2D eigenvalue weighted by atomic mass is 9.96. The van der Waals surface area contributed by atoms with Gasteiger partial charge in [0.25, 0.3) is 0 Å². The normalized spacial score (nSPS) is 30.6. The van der Waals surface area contributed by atoms with Gasteiger partial charge in [0.05, 0.1) is 35.9 Å². The molecule has 1 aliphatic rings. The molecule has 0 bridgehead atoms. The topological polar surface area (TPSA) is 122 Å². The number of rotatable bonds is 10. The van der Waals surface area contributed by atoms with Crippen LogP contribution in [0.4, 0.5) is 0 Å². The highest BCUT2D eigenvalue weighted by atomic mass is 32.1. The van der Waals surface area contributed by atoms with E-state index in [0.717, 1.165) is 6.42 Å². The van der Waals surface area contributed by atoms with Gasteiger partial charge >= 0.3 is 0 Å². The molecule has 7 nitrogen and oxygen atoms in total. The summed E-state index contributed by atoms with van der Waals surface area (Å²) in [6.07, 6.45) is 0.604. The predicted octanol–water partition coefficient (Wildman–Crippen LogP) is 0.412. The molecule has 0 fully saturated rings. The molecule has 7 unspecified atom stereocenters. The molecule has 0 radical (unpaired) electrons. The van der Waals surface area contributed by atoms with Crippen molar-refractivity contribution < 1.29 is 30.3 Å². The summed E-state index contributed by atoms with van der Waals surface area (Å²) >= 11 is 5.29. The maximum Gasteiger partial charge on any atom is 0.112 e. The summed E-state index contributed by atoms with van der Waals surface area (Å²) in [6.45, 7) is 3.89. The van der Waals surface area contributed by atoms with Crippen molar-refractivity contribution in [2.75, 3.05) is 6.61 Å². The summed E-state index contributed by atoms with van der Waals surface area (Å²) in [7, 11) is 0. The minimum atomic E-state index is -1.34. The van der Waals surface area contributed by atoms with E-state index < -0.39 is 42.7 Å². The molecule has 7 atom stereocenters. The second-order valence-electron chi connectivity index (χ2n) is 7.14. The average Bonchev–Trinajstić information content (AvgIpc) is 2.64. The van der Waals surface area contributed by atoms with Gasteiger partial charge in [0, 0.05) is 6.42 Å². The fraction of sp³-hybridized carbons (Fsp3) is 0.842. The summed E-state index contributed by atoms with van der Waals surface area (Å²) in [5, 5.41) is 53.5. The summed E-state index contributed by atoms with van der Waals surface area (Å²) in [5.41, 5.74) is 0. The van der Waals surface area contributed by atoms with Gasteiger partial charge in [0.2, 0.25) is 0 Å². The number of hydrogen-bond acceptors (Lipinski definition) is 7. The zero-order valence-electron chi connectivity index (χ0n) is 16.2. The van der Waals surface area contributed by atoms with Gasteiger partial charge in [-0.3, -0.25) is 0 Å². The highest BCUT2D eigenvalue weighted by molar-refractivity contribution is 7.80. The van der Waals surface area contributed by atoms with E-state index in [1.54, 1.807) is 6.08 Å². The quantitative estimate of drug-likeness (QED) is 0.228. The van der Waals surface area contributed by atoms with Crippen molar-refractivity contribution in [1.29, 1.82) is 0 Å². The molecule has 1 aliphatic carbocycles. The van der Waals surface area contributed by atoms with Gasteiger partial charge in [-0.2, -0.15) is 0 Å². The second-order valence-corrected chi connectivity index (χ2v) is 7.63. The SMILES string of the molecule is CCCC(=S)NC(COC1CC/C=C\C(O)C(O)C1O)C(O)CC(O)CC. The Morgan fingerprint density at radius 3 is 2.56 bits per heavy atom. The molecule has 27 heavy (non-hydrogen) atoms. The number of nitrogens with one attached hydrogen (secondary N) is 1. The number of allylic oxidation sites excluding steroid dienone is 1. The van der Waals surface area contributed by atoms with Crippen molar-refractivity contribution in [1.82, 2.24) is 5.32 Å². The van der Waals surface area contributed by atoms with Gasteiger partial charge in [0.1, 0.15) is 18.3 Å². The monoisotopic (exact) mass is 405 g/mol. The zero-order valence-corrected chi connectivity index (χ0v) is 17.0. The fourth-order valence-corrected chi connectivity index (χ4v) is 3.33. The van der Waals surface area contributed by atoms with E-state index in [1.807, 2.05) is 13.8 Å². The van der Waals surface area contributed by atoms with Crippen LogP contribution in [0.5, 0.6) is 0 Å². The zero-order chi connectivity index (χ0) is 20.4. The molecule has 158 valence electrons. The van der Waals surface area contributed by atoms with Crippen LogP contribution in [0.15, 0.2) is 12.2 Å². The Kier molecular flexibility index (Phi) is 11.6. The molecular weight excluding hydrogens is 370 g/mol. The molecule has 0 spiro atoms. The summed E-state index contributed by atoms with van der Waals surface area (Å²) < 4.78 is 5.81.